The molecule has 1 aliphatic rings. The van der Waals surface area contributed by atoms with Crippen LogP contribution in [0.3, 0.4) is 0 Å². The second-order valence-electron chi connectivity index (χ2n) is 7.13. The van der Waals surface area contributed by atoms with Crippen LogP contribution in [0.15, 0.2) is 59.5 Å². The number of carbonyl (C=O) groups excluding carboxylic acids is 2. The Hall–Kier alpha value is -2.92. The van der Waals surface area contributed by atoms with Crippen molar-refractivity contribution in [2.75, 3.05) is 29.9 Å². The molecular formula is C20H22N2O7S2. The lowest BCUT2D eigenvalue weighted by Crippen LogP contribution is -2.40. The molecule has 0 saturated carbocycles. The lowest BCUT2D eigenvalue weighted by Gasteiger charge is -2.23. The van der Waals surface area contributed by atoms with Gasteiger partial charge in [0.2, 0.25) is 0 Å². The zero-order valence-corrected chi connectivity index (χ0v) is 18.4. The molecular weight excluding hydrogens is 444 g/mol. The van der Waals surface area contributed by atoms with Gasteiger partial charge in [0.05, 0.1) is 22.0 Å². The number of likely N-dealkylation sites (N-methyl/N-ethyl adjacent to an activating group) is 1. The van der Waals surface area contributed by atoms with Crippen LogP contribution in [0.2, 0.25) is 0 Å². The molecule has 1 aliphatic heterocycles. The first-order chi connectivity index (χ1) is 14.6. The maximum absolute atomic E-state index is 12.4. The average molecular weight is 467 g/mol. The van der Waals surface area contributed by atoms with Gasteiger partial charge in [0.15, 0.2) is 16.4 Å². The Morgan fingerprint density at radius 2 is 1.74 bits per heavy atom. The van der Waals surface area contributed by atoms with Crippen LogP contribution >= 0.6 is 0 Å². The Morgan fingerprint density at radius 3 is 2.32 bits per heavy atom. The quantitative estimate of drug-likeness (QED) is 0.609. The van der Waals surface area contributed by atoms with E-state index in [1.54, 1.807) is 30.3 Å². The Kier molecular flexibility index (Phi) is 6.65. The molecule has 11 heteroatoms. The summed E-state index contributed by atoms with van der Waals surface area (Å²) in [5, 5.41) is 0. The van der Waals surface area contributed by atoms with E-state index in [1.165, 1.54) is 36.2 Å². The molecule has 0 bridgehead atoms. The Labute approximate surface area is 181 Å². The molecule has 1 saturated heterocycles. The van der Waals surface area contributed by atoms with E-state index >= 15 is 0 Å². The zero-order chi connectivity index (χ0) is 22.6. The molecule has 1 fully saturated rings. The van der Waals surface area contributed by atoms with Crippen molar-refractivity contribution in [3.63, 3.8) is 0 Å². The number of carbonyl (C=O) groups is 2. The molecule has 1 heterocycles. The van der Waals surface area contributed by atoms with E-state index in [2.05, 4.69) is 4.72 Å². The van der Waals surface area contributed by atoms with E-state index in [1.807, 2.05) is 0 Å². The third kappa shape index (κ3) is 5.82. The summed E-state index contributed by atoms with van der Waals surface area (Å²) >= 11 is 0. The molecule has 0 aliphatic carbocycles. The average Bonchev–Trinajstić information content (AvgIpc) is 3.11. The molecule has 0 radical (unpaired) electrons. The van der Waals surface area contributed by atoms with Crippen LogP contribution in [0.4, 0.5) is 5.69 Å². The fraction of sp³-hybridized carbons (Fsp3) is 0.300. The maximum Gasteiger partial charge on any atom is 0.338 e. The van der Waals surface area contributed by atoms with Gasteiger partial charge in [0.25, 0.3) is 15.9 Å². The van der Waals surface area contributed by atoms with Gasteiger partial charge < -0.3 is 9.64 Å². The first kappa shape index (κ1) is 22.8. The fourth-order valence-corrected chi connectivity index (χ4v) is 5.92. The predicted octanol–water partition coefficient (Wildman–Crippen LogP) is 1.29. The molecule has 1 atom stereocenters. The normalized spacial score (nSPS) is 17.6. The van der Waals surface area contributed by atoms with Crippen LogP contribution in [0, 0.1) is 0 Å². The molecule has 166 valence electrons. The Bertz CT molecular complexity index is 1160. The highest BCUT2D eigenvalue weighted by Crippen LogP contribution is 2.18. The van der Waals surface area contributed by atoms with Crippen molar-refractivity contribution in [1.29, 1.82) is 0 Å². The van der Waals surface area contributed by atoms with Gasteiger partial charge in [-0.15, -0.1) is 0 Å². The van der Waals surface area contributed by atoms with Crippen LogP contribution in [-0.4, -0.2) is 64.8 Å². The number of rotatable bonds is 7. The standard InChI is InChI=1S/C20H22N2O7S2/c1-22(17-11-12-30(25,26)14-17)19(23)13-29-20(24)15-7-9-18(10-8-15)31(27,28)21-16-5-3-2-4-6-16/h2-10,17,21H,11-14H2,1H3. The molecule has 1 unspecified atom stereocenters. The second kappa shape index (κ2) is 9.06. The van der Waals surface area contributed by atoms with Gasteiger partial charge in [0.1, 0.15) is 0 Å². The van der Waals surface area contributed by atoms with Crippen molar-refractivity contribution in [2.24, 2.45) is 0 Å². The van der Waals surface area contributed by atoms with Crippen LogP contribution in [0.1, 0.15) is 16.8 Å². The highest BCUT2D eigenvalue weighted by atomic mass is 32.2. The van der Waals surface area contributed by atoms with Gasteiger partial charge in [0, 0.05) is 18.8 Å². The smallest absolute Gasteiger partial charge is 0.338 e. The number of amides is 1. The molecule has 9 nitrogen and oxygen atoms in total. The summed E-state index contributed by atoms with van der Waals surface area (Å²) in [5.74, 6) is -1.37. The van der Waals surface area contributed by atoms with Crippen LogP contribution in [-0.2, 0) is 29.4 Å². The summed E-state index contributed by atoms with van der Waals surface area (Å²) in [6.07, 6.45) is 0.353. The van der Waals surface area contributed by atoms with Crippen molar-refractivity contribution < 1.29 is 31.2 Å². The molecule has 3 rings (SSSR count). The number of nitrogens with one attached hydrogen (secondary N) is 1. The fourth-order valence-electron chi connectivity index (χ4n) is 3.09. The molecule has 0 spiro atoms. The maximum atomic E-state index is 12.4. The minimum Gasteiger partial charge on any atom is -0.452 e. The SMILES string of the molecule is CN(C(=O)COC(=O)c1ccc(S(=O)(=O)Nc2ccccc2)cc1)C1CCS(=O)(=O)C1. The Morgan fingerprint density at radius 1 is 1.10 bits per heavy atom. The van der Waals surface area contributed by atoms with Gasteiger partial charge in [-0.2, -0.15) is 0 Å². The van der Waals surface area contributed by atoms with Crippen molar-refractivity contribution in [1.82, 2.24) is 4.90 Å². The second-order valence-corrected chi connectivity index (χ2v) is 11.0. The lowest BCUT2D eigenvalue weighted by atomic mass is 10.2. The molecule has 2 aromatic rings. The van der Waals surface area contributed by atoms with Crippen LogP contribution in [0.5, 0.6) is 0 Å². The molecule has 0 aromatic heterocycles. The number of anilines is 1. The monoisotopic (exact) mass is 466 g/mol. The summed E-state index contributed by atoms with van der Waals surface area (Å²) in [5.41, 5.74) is 0.487. The van der Waals surface area contributed by atoms with Crippen molar-refractivity contribution in [3.05, 3.63) is 60.2 Å². The van der Waals surface area contributed by atoms with Gasteiger partial charge in [-0.25, -0.2) is 21.6 Å². The highest BCUT2D eigenvalue weighted by Gasteiger charge is 2.33. The van der Waals surface area contributed by atoms with Gasteiger partial charge in [-0.1, -0.05) is 18.2 Å². The predicted molar refractivity (Wildman–Crippen MR) is 114 cm³/mol. The molecule has 1 N–H and O–H groups in total. The topological polar surface area (TPSA) is 127 Å². The van der Waals surface area contributed by atoms with Gasteiger partial charge >= 0.3 is 5.97 Å². The third-order valence-electron chi connectivity index (χ3n) is 4.90. The minimum atomic E-state index is -3.82. The van der Waals surface area contributed by atoms with Crippen LogP contribution in [0.25, 0.3) is 0 Å². The number of hydrogen-bond acceptors (Lipinski definition) is 7. The number of sulfone groups is 1. The van der Waals surface area contributed by atoms with E-state index in [0.717, 1.165) is 0 Å². The van der Waals surface area contributed by atoms with Crippen molar-refractivity contribution in [3.8, 4) is 0 Å². The third-order valence-corrected chi connectivity index (χ3v) is 8.05. The minimum absolute atomic E-state index is 0.0312. The summed E-state index contributed by atoms with van der Waals surface area (Å²) in [6, 6.07) is 13.0. The summed E-state index contributed by atoms with van der Waals surface area (Å²) in [4.78, 5) is 25.6. The number of sulfonamides is 1. The number of esters is 1. The van der Waals surface area contributed by atoms with Gasteiger partial charge in [-0.05, 0) is 42.8 Å². The lowest BCUT2D eigenvalue weighted by molar-refractivity contribution is -0.134. The molecule has 1 amide bonds. The largest absolute Gasteiger partial charge is 0.452 e. The van der Waals surface area contributed by atoms with E-state index in [9.17, 15) is 26.4 Å². The summed E-state index contributed by atoms with van der Waals surface area (Å²) < 4.78 is 55.4. The number of nitrogens with zero attached hydrogens (tertiary/aromatic N) is 1. The van der Waals surface area contributed by atoms with E-state index in [0.29, 0.717) is 12.1 Å². The van der Waals surface area contributed by atoms with Gasteiger partial charge in [-0.3, -0.25) is 9.52 Å². The first-order valence-electron chi connectivity index (χ1n) is 9.38. The first-order valence-corrected chi connectivity index (χ1v) is 12.7. The zero-order valence-electron chi connectivity index (χ0n) is 16.7. The van der Waals surface area contributed by atoms with Crippen molar-refractivity contribution in [2.45, 2.75) is 17.4 Å². The number of ether oxygens (including phenoxy) is 1. The highest BCUT2D eigenvalue weighted by molar-refractivity contribution is 7.92. The molecule has 31 heavy (non-hydrogen) atoms. The van der Waals surface area contributed by atoms with E-state index in [-0.39, 0.29) is 22.0 Å². The van der Waals surface area contributed by atoms with Crippen LogP contribution < -0.4 is 4.72 Å². The summed E-state index contributed by atoms with van der Waals surface area (Å²) in [7, 11) is -5.49. The summed E-state index contributed by atoms with van der Waals surface area (Å²) in [6.45, 7) is -0.540. The van der Waals surface area contributed by atoms with Crippen molar-refractivity contribution >= 4 is 37.4 Å². The van der Waals surface area contributed by atoms with E-state index < -0.39 is 44.4 Å². The Balaban J connectivity index is 1.57. The molecule has 2 aromatic carbocycles. The number of benzene rings is 2. The van der Waals surface area contributed by atoms with E-state index in [4.69, 9.17) is 4.74 Å². The number of hydrogen-bond donors (Lipinski definition) is 1. The number of para-hydroxylation sites is 1.